The van der Waals surface area contributed by atoms with Gasteiger partial charge in [0.15, 0.2) is 5.58 Å². The van der Waals surface area contributed by atoms with Gasteiger partial charge < -0.3 is 13.7 Å². The quantitative estimate of drug-likeness (QED) is 0.159. The van der Waals surface area contributed by atoms with Crippen LogP contribution in [0.2, 0.25) is 0 Å². The van der Waals surface area contributed by atoms with Gasteiger partial charge in [-0.1, -0.05) is 140 Å². The zero-order valence-electron chi connectivity index (χ0n) is 31.8. The van der Waals surface area contributed by atoms with Gasteiger partial charge in [0.1, 0.15) is 16.7 Å². The monoisotopic (exact) mass is 754 g/mol. The minimum Gasteiger partial charge on any atom is -0.456 e. The summed E-state index contributed by atoms with van der Waals surface area (Å²) in [6, 6.07) is 72.8. The molecule has 0 amide bonds. The van der Waals surface area contributed by atoms with Crippen LogP contribution in [0.3, 0.4) is 0 Å². The Hall–Kier alpha value is -7.95. The van der Waals surface area contributed by atoms with Crippen LogP contribution in [-0.4, -0.2) is 4.98 Å². The van der Waals surface area contributed by atoms with E-state index in [9.17, 15) is 0 Å². The van der Waals surface area contributed by atoms with E-state index in [2.05, 4.69) is 169 Å². The number of rotatable bonds is 6. The molecule has 0 aliphatic heterocycles. The van der Waals surface area contributed by atoms with Crippen molar-refractivity contribution in [2.45, 2.75) is 0 Å². The molecule has 0 saturated heterocycles. The highest BCUT2D eigenvalue weighted by Gasteiger charge is 2.19. The van der Waals surface area contributed by atoms with Crippen LogP contribution < -0.4 is 4.90 Å². The maximum Gasteiger partial charge on any atom is 0.227 e. The fourth-order valence-electron chi connectivity index (χ4n) is 8.97. The lowest BCUT2D eigenvalue weighted by Crippen LogP contribution is -2.09. The largest absolute Gasteiger partial charge is 0.456 e. The molecule has 2 heterocycles. The van der Waals surface area contributed by atoms with Crippen molar-refractivity contribution < 1.29 is 8.83 Å². The normalized spacial score (nSPS) is 11.7. The van der Waals surface area contributed by atoms with Crippen molar-refractivity contribution in [3.05, 3.63) is 206 Å². The van der Waals surface area contributed by atoms with Gasteiger partial charge in [-0.05, 0) is 111 Å². The lowest BCUT2D eigenvalue weighted by atomic mass is 9.92. The summed E-state index contributed by atoms with van der Waals surface area (Å²) < 4.78 is 12.9. The molecule has 0 saturated carbocycles. The number of hydrogen-bond donors (Lipinski definition) is 0. The average molecular weight is 755 g/mol. The summed E-state index contributed by atoms with van der Waals surface area (Å²) >= 11 is 0. The zero-order chi connectivity index (χ0) is 38.9. The van der Waals surface area contributed by atoms with E-state index >= 15 is 0 Å². The third-order valence-electron chi connectivity index (χ3n) is 11.7. The highest BCUT2D eigenvalue weighted by molar-refractivity contribution is 6.27. The van der Waals surface area contributed by atoms with E-state index in [0.29, 0.717) is 5.89 Å². The van der Waals surface area contributed by atoms with Crippen LogP contribution in [0, 0.1) is 0 Å². The van der Waals surface area contributed by atoms with Crippen molar-refractivity contribution in [3.8, 4) is 33.7 Å². The van der Waals surface area contributed by atoms with Crippen LogP contribution >= 0.6 is 0 Å². The van der Waals surface area contributed by atoms with E-state index in [4.69, 9.17) is 13.8 Å². The van der Waals surface area contributed by atoms with Crippen LogP contribution in [0.5, 0.6) is 0 Å². The molecule has 4 nitrogen and oxygen atoms in total. The molecule has 12 rings (SSSR count). The molecule has 0 aliphatic carbocycles. The van der Waals surface area contributed by atoms with Gasteiger partial charge >= 0.3 is 0 Å². The van der Waals surface area contributed by atoms with Gasteiger partial charge in [-0.15, -0.1) is 0 Å². The molecule has 0 N–H and O–H groups in total. The summed E-state index contributed by atoms with van der Waals surface area (Å²) in [7, 11) is 0. The molecule has 276 valence electrons. The summed E-state index contributed by atoms with van der Waals surface area (Å²) in [5, 5.41) is 9.19. The first kappa shape index (κ1) is 33.2. The Morgan fingerprint density at radius 3 is 1.85 bits per heavy atom. The Bertz CT molecular complexity index is 3550. The summed E-state index contributed by atoms with van der Waals surface area (Å²) in [5.41, 5.74) is 12.3. The van der Waals surface area contributed by atoms with Crippen molar-refractivity contribution >= 4 is 82.4 Å². The fraction of sp³-hybridized carbons (Fsp3) is 0. The Balaban J connectivity index is 0.977. The van der Waals surface area contributed by atoms with Crippen molar-refractivity contribution in [2.75, 3.05) is 4.90 Å². The Kier molecular flexibility index (Phi) is 7.50. The van der Waals surface area contributed by atoms with Gasteiger partial charge in [-0.2, -0.15) is 0 Å². The number of oxazole rings is 1. The molecular weight excluding hydrogens is 721 g/mol. The molecule has 0 atom stereocenters. The number of furan rings is 1. The third-order valence-corrected chi connectivity index (χ3v) is 11.7. The van der Waals surface area contributed by atoms with Gasteiger partial charge in [0.25, 0.3) is 0 Å². The minimum absolute atomic E-state index is 0.631. The minimum atomic E-state index is 0.631. The number of aromatic nitrogens is 1. The van der Waals surface area contributed by atoms with Gasteiger partial charge in [0, 0.05) is 44.2 Å². The molecule has 0 spiro atoms. The summed E-state index contributed by atoms with van der Waals surface area (Å²) in [4.78, 5) is 7.25. The molecule has 0 unspecified atom stereocenters. The third kappa shape index (κ3) is 5.42. The number of nitrogens with zero attached hydrogens (tertiary/aromatic N) is 2. The SMILES string of the molecule is c1ccc(-c2nc3ccc4ccc5ccc6c(-c7ccc(N(c8ccccc8)c8cccc(-c9cccc%10oc%11ccccc%11c9%10)c8)cc7)cccc6c5c4c3o2)cc1. The summed E-state index contributed by atoms with van der Waals surface area (Å²) in [6.45, 7) is 0. The molecule has 0 radical (unpaired) electrons. The second-order valence-corrected chi connectivity index (χ2v) is 15.1. The smallest absolute Gasteiger partial charge is 0.227 e. The van der Waals surface area contributed by atoms with E-state index in [1.807, 2.05) is 42.5 Å². The van der Waals surface area contributed by atoms with Gasteiger partial charge in [0.05, 0.1) is 0 Å². The molecule has 12 aromatic rings. The van der Waals surface area contributed by atoms with Gasteiger partial charge in [0.2, 0.25) is 5.89 Å². The van der Waals surface area contributed by atoms with Crippen molar-refractivity contribution in [3.63, 3.8) is 0 Å². The number of hydrogen-bond acceptors (Lipinski definition) is 4. The first-order valence-corrected chi connectivity index (χ1v) is 19.9. The van der Waals surface area contributed by atoms with Crippen LogP contribution in [-0.2, 0) is 0 Å². The number of anilines is 3. The van der Waals surface area contributed by atoms with Crippen LogP contribution in [0.15, 0.2) is 215 Å². The maximum atomic E-state index is 6.59. The van der Waals surface area contributed by atoms with E-state index in [1.165, 1.54) is 27.1 Å². The molecule has 10 aromatic carbocycles. The predicted molar refractivity (Wildman–Crippen MR) is 245 cm³/mol. The molecule has 0 fully saturated rings. The number of benzene rings is 10. The Labute approximate surface area is 339 Å². The number of fused-ring (bicyclic) bond motifs is 10. The molecule has 59 heavy (non-hydrogen) atoms. The van der Waals surface area contributed by atoms with Gasteiger partial charge in [-0.25, -0.2) is 4.98 Å². The summed E-state index contributed by atoms with van der Waals surface area (Å²) in [6.07, 6.45) is 0. The number of para-hydroxylation sites is 2. The van der Waals surface area contributed by atoms with E-state index in [-0.39, 0.29) is 0 Å². The van der Waals surface area contributed by atoms with E-state index in [0.717, 1.165) is 83.1 Å². The average Bonchev–Trinajstić information content (AvgIpc) is 3.92. The van der Waals surface area contributed by atoms with Crippen LogP contribution in [0.25, 0.3) is 99.1 Å². The van der Waals surface area contributed by atoms with Crippen LogP contribution in [0.1, 0.15) is 0 Å². The Morgan fingerprint density at radius 1 is 0.356 bits per heavy atom. The van der Waals surface area contributed by atoms with Crippen molar-refractivity contribution in [2.24, 2.45) is 0 Å². The van der Waals surface area contributed by atoms with Crippen LogP contribution in [0.4, 0.5) is 17.1 Å². The highest BCUT2D eigenvalue weighted by atomic mass is 16.3. The topological polar surface area (TPSA) is 42.4 Å². The Morgan fingerprint density at radius 2 is 0.983 bits per heavy atom. The lowest BCUT2D eigenvalue weighted by molar-refractivity contribution is 0.623. The molecule has 0 aliphatic rings. The lowest BCUT2D eigenvalue weighted by Gasteiger charge is -2.26. The molecule has 0 bridgehead atoms. The molecule has 4 heteroatoms. The van der Waals surface area contributed by atoms with Crippen molar-refractivity contribution in [1.82, 2.24) is 4.98 Å². The van der Waals surface area contributed by atoms with E-state index in [1.54, 1.807) is 0 Å². The van der Waals surface area contributed by atoms with Gasteiger partial charge in [-0.3, -0.25) is 0 Å². The second kappa shape index (κ2) is 13.3. The first-order chi connectivity index (χ1) is 29.2. The molecular formula is C55H34N2O2. The second-order valence-electron chi connectivity index (χ2n) is 15.1. The fourth-order valence-corrected chi connectivity index (χ4v) is 8.97. The maximum absolute atomic E-state index is 6.59. The van der Waals surface area contributed by atoms with E-state index < -0.39 is 0 Å². The van der Waals surface area contributed by atoms with Crippen molar-refractivity contribution in [1.29, 1.82) is 0 Å². The highest BCUT2D eigenvalue weighted by Crippen LogP contribution is 2.43. The summed E-state index contributed by atoms with van der Waals surface area (Å²) in [5.74, 6) is 0.631. The standard InChI is InChI=1S/C55H34N2O2/c1-3-12-38(13-4-1)55-56-48-33-29-37-25-24-36-28-32-45-43(19-10-21-46(45)51(36)52(37)54(48)59-55)35-26-30-41(31-27-35)57(40-15-5-2-6-16-40)42-17-9-14-39(34-42)44-20-11-23-50-53(44)47-18-7-8-22-49(47)58-50/h1-34H. The predicted octanol–water partition coefficient (Wildman–Crippen LogP) is 15.7. The zero-order valence-corrected chi connectivity index (χ0v) is 31.8. The molecule has 2 aromatic heterocycles. The first-order valence-electron chi connectivity index (χ1n) is 19.9.